The van der Waals surface area contributed by atoms with Gasteiger partial charge in [0.2, 0.25) is 0 Å². The van der Waals surface area contributed by atoms with E-state index >= 15 is 0 Å². The van der Waals surface area contributed by atoms with E-state index in [-0.39, 0.29) is 0 Å². The van der Waals surface area contributed by atoms with E-state index in [1.807, 2.05) is 12.2 Å². The molecule has 0 aliphatic carbocycles. The van der Waals surface area contributed by atoms with E-state index in [2.05, 4.69) is 13.2 Å². The van der Waals surface area contributed by atoms with E-state index in [0.717, 1.165) is 19.4 Å². The predicted molar refractivity (Wildman–Crippen MR) is 46.8 cm³/mol. The van der Waals surface area contributed by atoms with Crippen molar-refractivity contribution in [2.75, 3.05) is 6.54 Å². The smallest absolute Gasteiger partial charge is 0.00741 e. The van der Waals surface area contributed by atoms with Crippen LogP contribution in [-0.4, -0.2) is 6.54 Å². The molecule has 0 unspecified atom stereocenters. The summed E-state index contributed by atoms with van der Waals surface area (Å²) < 4.78 is 0. The second-order valence-electron chi connectivity index (χ2n) is 2.07. The van der Waals surface area contributed by atoms with Crippen LogP contribution in [0.25, 0.3) is 0 Å². The zero-order valence-electron chi connectivity index (χ0n) is 6.34. The summed E-state index contributed by atoms with van der Waals surface area (Å²) in [7, 11) is 0. The molecule has 56 valence electrons. The first kappa shape index (κ1) is 9.18. The highest BCUT2D eigenvalue weighted by atomic mass is 14.5. The zero-order valence-corrected chi connectivity index (χ0v) is 6.34. The number of hydrogen-bond donors (Lipinski definition) is 1. The van der Waals surface area contributed by atoms with Crippen LogP contribution >= 0.6 is 0 Å². The van der Waals surface area contributed by atoms with E-state index in [1.54, 1.807) is 6.08 Å². The summed E-state index contributed by atoms with van der Waals surface area (Å²) in [5.41, 5.74) is 6.55. The summed E-state index contributed by atoms with van der Waals surface area (Å²) in [6.45, 7) is 8.02. The highest BCUT2D eigenvalue weighted by molar-refractivity contribution is 5.20. The molecule has 0 spiro atoms. The van der Waals surface area contributed by atoms with Gasteiger partial charge in [0, 0.05) is 0 Å². The van der Waals surface area contributed by atoms with Crippen LogP contribution in [-0.2, 0) is 0 Å². The van der Waals surface area contributed by atoms with Crippen molar-refractivity contribution in [2.45, 2.75) is 12.8 Å². The molecule has 0 fully saturated rings. The maximum atomic E-state index is 5.34. The van der Waals surface area contributed by atoms with Crippen molar-refractivity contribution >= 4 is 0 Å². The number of hydrogen-bond acceptors (Lipinski definition) is 1. The lowest BCUT2D eigenvalue weighted by molar-refractivity contribution is 0.836. The molecule has 0 heterocycles. The van der Waals surface area contributed by atoms with Gasteiger partial charge in [0.15, 0.2) is 0 Å². The van der Waals surface area contributed by atoms with Crippen LogP contribution < -0.4 is 5.73 Å². The Morgan fingerprint density at radius 3 is 2.50 bits per heavy atom. The molecule has 0 saturated heterocycles. The molecule has 1 nitrogen and oxygen atoms in total. The molecule has 0 aliphatic rings. The Morgan fingerprint density at radius 1 is 1.40 bits per heavy atom. The van der Waals surface area contributed by atoms with Crippen molar-refractivity contribution in [3.05, 3.63) is 37.0 Å². The third-order valence-electron chi connectivity index (χ3n) is 1.26. The lowest BCUT2D eigenvalue weighted by Gasteiger charge is -1.96. The first-order valence-electron chi connectivity index (χ1n) is 3.49. The van der Waals surface area contributed by atoms with Gasteiger partial charge in [0.1, 0.15) is 0 Å². The Bertz CT molecular complexity index is 134. The van der Waals surface area contributed by atoms with Crippen molar-refractivity contribution < 1.29 is 0 Å². The quantitative estimate of drug-likeness (QED) is 0.576. The first-order chi connectivity index (χ1) is 4.85. The monoisotopic (exact) mass is 137 g/mol. The van der Waals surface area contributed by atoms with Gasteiger partial charge in [-0.15, -0.1) is 0 Å². The average Bonchev–Trinajstić information content (AvgIpc) is 1.98. The van der Waals surface area contributed by atoms with Crippen molar-refractivity contribution in [2.24, 2.45) is 5.73 Å². The van der Waals surface area contributed by atoms with E-state index in [4.69, 9.17) is 5.73 Å². The zero-order chi connectivity index (χ0) is 7.82. The van der Waals surface area contributed by atoms with Crippen LogP contribution in [0.3, 0.4) is 0 Å². The Hall–Kier alpha value is -0.820. The molecule has 1 heteroatoms. The molecule has 0 bridgehead atoms. The summed E-state index contributed by atoms with van der Waals surface area (Å²) >= 11 is 0. The molecule has 2 N–H and O–H groups in total. The largest absolute Gasteiger partial charge is 0.330 e. The maximum Gasteiger partial charge on any atom is -0.00741 e. The lowest BCUT2D eigenvalue weighted by atomic mass is 10.1. The molecule has 0 aromatic heterocycles. The number of rotatable bonds is 5. The summed E-state index contributed by atoms with van der Waals surface area (Å²) in [5, 5.41) is 0. The molecule has 0 atom stereocenters. The molecule has 0 saturated carbocycles. The Labute approximate surface area is 62.9 Å². The molecule has 0 aromatic carbocycles. The topological polar surface area (TPSA) is 26.0 Å². The molecular formula is C9H15N. The van der Waals surface area contributed by atoms with Crippen molar-refractivity contribution in [1.82, 2.24) is 0 Å². The van der Waals surface area contributed by atoms with Gasteiger partial charge in [-0.25, -0.2) is 0 Å². The van der Waals surface area contributed by atoms with Crippen molar-refractivity contribution in [3.63, 3.8) is 0 Å². The van der Waals surface area contributed by atoms with Gasteiger partial charge >= 0.3 is 0 Å². The van der Waals surface area contributed by atoms with Gasteiger partial charge in [0.25, 0.3) is 0 Å². The van der Waals surface area contributed by atoms with Crippen LogP contribution in [0.4, 0.5) is 0 Å². The van der Waals surface area contributed by atoms with Crippen molar-refractivity contribution in [1.29, 1.82) is 0 Å². The summed E-state index contributed by atoms with van der Waals surface area (Å²) in [6, 6.07) is 0. The molecule has 10 heavy (non-hydrogen) atoms. The van der Waals surface area contributed by atoms with E-state index in [1.165, 1.54) is 5.57 Å². The minimum Gasteiger partial charge on any atom is -0.330 e. The van der Waals surface area contributed by atoms with Gasteiger partial charge < -0.3 is 5.73 Å². The van der Waals surface area contributed by atoms with Crippen LogP contribution in [0.2, 0.25) is 0 Å². The minimum atomic E-state index is 0.738. The second kappa shape index (κ2) is 6.30. The number of allylic oxidation sites excluding steroid dienone is 4. The lowest BCUT2D eigenvalue weighted by Crippen LogP contribution is -1.97. The van der Waals surface area contributed by atoms with Gasteiger partial charge in [-0.1, -0.05) is 31.4 Å². The third kappa shape index (κ3) is 4.10. The normalized spacial score (nSPS) is 11.1. The Morgan fingerprint density at radius 2 is 2.10 bits per heavy atom. The molecule has 0 radical (unpaired) electrons. The van der Waals surface area contributed by atoms with Gasteiger partial charge in [0.05, 0.1) is 0 Å². The molecule has 0 amide bonds. The van der Waals surface area contributed by atoms with Crippen LogP contribution in [0.15, 0.2) is 37.0 Å². The highest BCUT2D eigenvalue weighted by Crippen LogP contribution is 2.04. The van der Waals surface area contributed by atoms with Crippen LogP contribution in [0.1, 0.15) is 12.8 Å². The maximum absolute atomic E-state index is 5.34. The van der Waals surface area contributed by atoms with E-state index in [9.17, 15) is 0 Å². The Kier molecular flexibility index (Phi) is 5.79. The molecular weight excluding hydrogens is 122 g/mol. The van der Waals surface area contributed by atoms with Crippen LogP contribution in [0.5, 0.6) is 0 Å². The second-order valence-corrected chi connectivity index (χ2v) is 2.07. The van der Waals surface area contributed by atoms with Crippen LogP contribution in [0, 0.1) is 0 Å². The average molecular weight is 137 g/mol. The fraction of sp³-hybridized carbons (Fsp3) is 0.333. The number of nitrogens with two attached hydrogens (primary N) is 1. The summed E-state index contributed by atoms with van der Waals surface area (Å²) in [6.07, 6.45) is 7.60. The van der Waals surface area contributed by atoms with Crippen molar-refractivity contribution in [3.8, 4) is 0 Å². The van der Waals surface area contributed by atoms with Gasteiger partial charge in [-0.05, 0) is 25.0 Å². The molecule has 0 rings (SSSR count). The molecule has 0 aliphatic heterocycles. The SMILES string of the molecule is C=C/C=C(\C=C)CCCN. The summed E-state index contributed by atoms with van der Waals surface area (Å²) in [5.74, 6) is 0. The van der Waals surface area contributed by atoms with E-state index in [0.29, 0.717) is 0 Å². The van der Waals surface area contributed by atoms with E-state index < -0.39 is 0 Å². The Balaban J connectivity index is 3.70. The first-order valence-corrected chi connectivity index (χ1v) is 3.49. The highest BCUT2D eigenvalue weighted by Gasteiger charge is 1.87. The standard InChI is InChI=1S/C9H15N/c1-3-6-9(4-2)7-5-8-10/h3-4,6H,1-2,5,7-8,10H2/b9-6+. The van der Waals surface area contributed by atoms with Gasteiger partial charge in [-0.3, -0.25) is 0 Å². The van der Waals surface area contributed by atoms with Gasteiger partial charge in [-0.2, -0.15) is 0 Å². The fourth-order valence-corrected chi connectivity index (χ4v) is 0.711. The summed E-state index contributed by atoms with van der Waals surface area (Å²) in [4.78, 5) is 0. The fourth-order valence-electron chi connectivity index (χ4n) is 0.711. The third-order valence-corrected chi connectivity index (χ3v) is 1.26. The predicted octanol–water partition coefficient (Wildman–Crippen LogP) is 2.02. The minimum absolute atomic E-state index is 0.738. The molecule has 0 aromatic rings.